The van der Waals surface area contributed by atoms with E-state index in [1.165, 1.54) is 0 Å². The molecule has 0 atom stereocenters. The highest BCUT2D eigenvalue weighted by molar-refractivity contribution is 8.01. The zero-order chi connectivity index (χ0) is 10.7. The van der Waals surface area contributed by atoms with Gasteiger partial charge in [0.2, 0.25) is 0 Å². The van der Waals surface area contributed by atoms with E-state index in [1.54, 1.807) is 29.3 Å². The van der Waals surface area contributed by atoms with Gasteiger partial charge in [-0.25, -0.2) is 4.98 Å². The topological polar surface area (TPSA) is 38.9 Å². The molecule has 15 heavy (non-hydrogen) atoms. The van der Waals surface area contributed by atoms with Gasteiger partial charge in [0.05, 0.1) is 0 Å². The van der Waals surface area contributed by atoms with Crippen LogP contribution >= 0.6 is 34.7 Å². The summed E-state index contributed by atoms with van der Waals surface area (Å²) in [5.74, 6) is 0. The van der Waals surface area contributed by atoms with Gasteiger partial charge in [-0.1, -0.05) is 29.4 Å². The highest BCUT2D eigenvalue weighted by atomic mass is 35.5. The second-order valence-corrected chi connectivity index (χ2v) is 5.41. The van der Waals surface area contributed by atoms with Crippen LogP contribution in [0.15, 0.2) is 39.0 Å². The summed E-state index contributed by atoms with van der Waals surface area (Å²) in [6.07, 6.45) is 1.79. The van der Waals surface area contributed by atoms with Gasteiger partial charge in [0.15, 0.2) is 4.34 Å². The summed E-state index contributed by atoms with van der Waals surface area (Å²) in [5, 5.41) is 2.67. The van der Waals surface area contributed by atoms with Gasteiger partial charge in [0.1, 0.15) is 0 Å². The maximum absolute atomic E-state index is 6.06. The molecule has 0 amide bonds. The number of rotatable bonds is 3. The Labute approximate surface area is 101 Å². The molecular weight excluding hydrogens is 248 g/mol. The molecule has 0 fully saturated rings. The van der Waals surface area contributed by atoms with E-state index in [-0.39, 0.29) is 0 Å². The summed E-state index contributed by atoms with van der Waals surface area (Å²) in [6, 6.07) is 5.80. The summed E-state index contributed by atoms with van der Waals surface area (Å²) in [5.41, 5.74) is 6.65. The molecule has 0 bridgehead atoms. The lowest BCUT2D eigenvalue weighted by Crippen LogP contribution is -1.99. The summed E-state index contributed by atoms with van der Waals surface area (Å²) >= 11 is 9.27. The molecule has 5 heteroatoms. The lowest BCUT2D eigenvalue weighted by molar-refractivity contribution is 1.03. The lowest BCUT2D eigenvalue weighted by atomic mass is 10.2. The molecule has 0 spiro atoms. The van der Waals surface area contributed by atoms with Crippen molar-refractivity contribution in [2.24, 2.45) is 5.73 Å². The minimum atomic E-state index is 0.452. The van der Waals surface area contributed by atoms with Gasteiger partial charge in [-0.2, -0.15) is 0 Å². The second-order valence-electron chi connectivity index (χ2n) is 2.82. The van der Waals surface area contributed by atoms with Crippen LogP contribution in [0.1, 0.15) is 5.56 Å². The molecule has 0 saturated carbocycles. The van der Waals surface area contributed by atoms with Crippen molar-refractivity contribution >= 4 is 34.7 Å². The molecule has 78 valence electrons. The van der Waals surface area contributed by atoms with Gasteiger partial charge < -0.3 is 5.73 Å². The highest BCUT2D eigenvalue weighted by Crippen LogP contribution is 2.34. The van der Waals surface area contributed by atoms with Crippen molar-refractivity contribution in [2.75, 3.05) is 0 Å². The molecule has 0 aliphatic heterocycles. The third-order valence-electron chi connectivity index (χ3n) is 1.89. The summed E-state index contributed by atoms with van der Waals surface area (Å²) in [7, 11) is 0. The molecule has 0 saturated heterocycles. The van der Waals surface area contributed by atoms with E-state index in [0.29, 0.717) is 6.54 Å². The van der Waals surface area contributed by atoms with Crippen LogP contribution in [-0.4, -0.2) is 4.98 Å². The van der Waals surface area contributed by atoms with E-state index in [1.807, 2.05) is 23.6 Å². The van der Waals surface area contributed by atoms with Crippen molar-refractivity contribution in [1.29, 1.82) is 0 Å². The molecule has 1 heterocycles. The summed E-state index contributed by atoms with van der Waals surface area (Å²) < 4.78 is 1.01. The van der Waals surface area contributed by atoms with Crippen LogP contribution in [0.5, 0.6) is 0 Å². The maximum Gasteiger partial charge on any atom is 0.154 e. The van der Waals surface area contributed by atoms with Gasteiger partial charge in [0.25, 0.3) is 0 Å². The maximum atomic E-state index is 6.06. The standard InChI is InChI=1S/C10H9ClN2S2/c11-8-2-1-3-9(7(8)6-12)15-10-13-4-5-14-10/h1-5H,6,12H2. The molecule has 0 radical (unpaired) electrons. The molecular formula is C10H9ClN2S2. The van der Waals surface area contributed by atoms with Gasteiger partial charge >= 0.3 is 0 Å². The Morgan fingerprint density at radius 2 is 2.33 bits per heavy atom. The minimum Gasteiger partial charge on any atom is -0.326 e. The van der Waals surface area contributed by atoms with Crippen LogP contribution in [-0.2, 0) is 6.54 Å². The Balaban J connectivity index is 2.32. The van der Waals surface area contributed by atoms with Crippen LogP contribution < -0.4 is 5.73 Å². The van der Waals surface area contributed by atoms with Crippen molar-refractivity contribution in [3.63, 3.8) is 0 Å². The van der Waals surface area contributed by atoms with Crippen molar-refractivity contribution in [3.8, 4) is 0 Å². The number of nitrogens with two attached hydrogens (primary N) is 1. The van der Waals surface area contributed by atoms with Crippen molar-refractivity contribution < 1.29 is 0 Å². The molecule has 2 nitrogen and oxygen atoms in total. The molecule has 1 aromatic carbocycles. The van der Waals surface area contributed by atoms with E-state index >= 15 is 0 Å². The van der Waals surface area contributed by atoms with Crippen LogP contribution in [0.4, 0.5) is 0 Å². The van der Waals surface area contributed by atoms with Crippen LogP contribution in [0, 0.1) is 0 Å². The quantitative estimate of drug-likeness (QED) is 0.915. The Morgan fingerprint density at radius 3 is 3.00 bits per heavy atom. The van der Waals surface area contributed by atoms with E-state index in [4.69, 9.17) is 17.3 Å². The fourth-order valence-corrected chi connectivity index (χ4v) is 3.25. The third-order valence-corrected chi connectivity index (χ3v) is 4.23. The zero-order valence-electron chi connectivity index (χ0n) is 7.81. The number of nitrogens with zero attached hydrogens (tertiary/aromatic N) is 1. The van der Waals surface area contributed by atoms with Crippen LogP contribution in [0.2, 0.25) is 5.02 Å². The van der Waals surface area contributed by atoms with Crippen molar-refractivity contribution in [1.82, 2.24) is 4.98 Å². The number of hydrogen-bond acceptors (Lipinski definition) is 4. The minimum absolute atomic E-state index is 0.452. The largest absolute Gasteiger partial charge is 0.326 e. The van der Waals surface area contributed by atoms with Crippen molar-refractivity contribution in [3.05, 3.63) is 40.4 Å². The Kier molecular flexibility index (Phi) is 3.64. The van der Waals surface area contributed by atoms with E-state index in [9.17, 15) is 0 Å². The van der Waals surface area contributed by atoms with Crippen molar-refractivity contribution in [2.45, 2.75) is 15.8 Å². The second kappa shape index (κ2) is 4.99. The van der Waals surface area contributed by atoms with Gasteiger partial charge in [-0.15, -0.1) is 11.3 Å². The van der Waals surface area contributed by atoms with Gasteiger partial charge in [-0.05, 0) is 17.7 Å². The molecule has 0 aliphatic carbocycles. The first kappa shape index (κ1) is 11.0. The molecule has 0 aliphatic rings. The van der Waals surface area contributed by atoms with E-state index < -0.39 is 0 Å². The van der Waals surface area contributed by atoms with Crippen LogP contribution in [0.3, 0.4) is 0 Å². The molecule has 1 aromatic heterocycles. The summed E-state index contributed by atoms with van der Waals surface area (Å²) in [4.78, 5) is 5.30. The number of thiazole rings is 1. The monoisotopic (exact) mass is 256 g/mol. The predicted octanol–water partition coefficient (Wildman–Crippen LogP) is 3.41. The third kappa shape index (κ3) is 2.52. The molecule has 2 aromatic rings. The Hall–Kier alpha value is -0.550. The number of benzene rings is 1. The van der Waals surface area contributed by atoms with E-state index in [0.717, 1.165) is 19.8 Å². The summed E-state index contributed by atoms with van der Waals surface area (Å²) in [6.45, 7) is 0.452. The average Bonchev–Trinajstić information content (AvgIpc) is 2.71. The molecule has 2 rings (SSSR count). The highest BCUT2D eigenvalue weighted by Gasteiger charge is 2.07. The molecule has 0 unspecified atom stereocenters. The lowest BCUT2D eigenvalue weighted by Gasteiger charge is -2.06. The molecule has 2 N–H and O–H groups in total. The Morgan fingerprint density at radius 1 is 1.47 bits per heavy atom. The first-order chi connectivity index (χ1) is 7.31. The fraction of sp³-hybridized carbons (Fsp3) is 0.100. The van der Waals surface area contributed by atoms with Gasteiger partial charge in [0, 0.05) is 28.0 Å². The number of halogens is 1. The first-order valence-corrected chi connectivity index (χ1v) is 6.43. The normalized spacial score (nSPS) is 10.5. The smallest absolute Gasteiger partial charge is 0.154 e. The van der Waals surface area contributed by atoms with E-state index in [2.05, 4.69) is 4.98 Å². The zero-order valence-corrected chi connectivity index (χ0v) is 10.2. The van der Waals surface area contributed by atoms with Crippen LogP contribution in [0.25, 0.3) is 0 Å². The number of hydrogen-bond donors (Lipinski definition) is 1. The first-order valence-electron chi connectivity index (χ1n) is 4.36. The Bertz CT molecular complexity index is 443. The van der Waals surface area contributed by atoms with Gasteiger partial charge in [-0.3, -0.25) is 0 Å². The predicted molar refractivity (Wildman–Crippen MR) is 65.6 cm³/mol. The average molecular weight is 257 g/mol. The SMILES string of the molecule is NCc1c(Cl)cccc1Sc1nccs1. The number of aromatic nitrogens is 1. The fourth-order valence-electron chi connectivity index (χ4n) is 1.19.